The lowest BCUT2D eigenvalue weighted by atomic mass is 10.1. The monoisotopic (exact) mass is 310 g/mol. The molecular formula is C14H12Cl2N2O2. The fourth-order valence-electron chi connectivity index (χ4n) is 1.95. The third-order valence-electron chi connectivity index (χ3n) is 2.92. The molecule has 0 spiro atoms. The number of nitrogens with one attached hydrogen (secondary N) is 1. The highest BCUT2D eigenvalue weighted by Gasteiger charge is 2.18. The van der Waals surface area contributed by atoms with Crippen molar-refractivity contribution in [2.24, 2.45) is 0 Å². The van der Waals surface area contributed by atoms with Crippen LogP contribution in [0.3, 0.4) is 0 Å². The van der Waals surface area contributed by atoms with Gasteiger partial charge in [-0.3, -0.25) is 10.1 Å². The maximum Gasteiger partial charge on any atom is 0.274 e. The number of nitro groups is 1. The lowest BCUT2D eigenvalue weighted by molar-refractivity contribution is -0.385. The molecule has 6 heteroatoms. The van der Waals surface area contributed by atoms with Crippen LogP contribution in [0.25, 0.3) is 0 Å². The minimum atomic E-state index is -0.396. The number of halogens is 2. The second-order valence-corrected chi connectivity index (χ2v) is 5.07. The molecular weight excluding hydrogens is 299 g/mol. The number of hydrogen-bond acceptors (Lipinski definition) is 3. The standard InChI is InChI=1S/C14H12Cl2N2O2/c1-9(10-5-2-3-8-13(10)18(19)20)17-12-7-4-6-11(15)14(12)16/h2-9,17H,1H3. The van der Waals surface area contributed by atoms with Crippen molar-refractivity contribution in [3.8, 4) is 0 Å². The van der Waals surface area contributed by atoms with Crippen LogP contribution in [0.2, 0.25) is 10.0 Å². The van der Waals surface area contributed by atoms with Crippen LogP contribution >= 0.6 is 23.2 Å². The molecule has 2 rings (SSSR count). The fraction of sp³-hybridized carbons (Fsp3) is 0.143. The number of rotatable bonds is 4. The Kier molecular flexibility index (Phi) is 4.47. The first kappa shape index (κ1) is 14.6. The first-order chi connectivity index (χ1) is 9.50. The van der Waals surface area contributed by atoms with Crippen LogP contribution < -0.4 is 5.32 Å². The van der Waals surface area contributed by atoms with E-state index < -0.39 is 4.92 Å². The number of anilines is 1. The Balaban J connectivity index is 2.31. The molecule has 0 aromatic heterocycles. The predicted octanol–water partition coefficient (Wildman–Crippen LogP) is 5.07. The lowest BCUT2D eigenvalue weighted by Gasteiger charge is -2.17. The molecule has 0 saturated heterocycles. The van der Waals surface area contributed by atoms with E-state index in [0.717, 1.165) is 0 Å². The molecule has 0 aliphatic rings. The van der Waals surface area contributed by atoms with E-state index in [9.17, 15) is 10.1 Å². The van der Waals surface area contributed by atoms with E-state index in [4.69, 9.17) is 23.2 Å². The summed E-state index contributed by atoms with van der Waals surface area (Å²) in [5.41, 5.74) is 1.31. The van der Waals surface area contributed by atoms with Gasteiger partial charge in [0.25, 0.3) is 5.69 Å². The summed E-state index contributed by atoms with van der Waals surface area (Å²) in [5.74, 6) is 0. The molecule has 0 saturated carbocycles. The van der Waals surface area contributed by atoms with E-state index in [-0.39, 0.29) is 11.7 Å². The molecule has 2 aromatic carbocycles. The molecule has 1 unspecified atom stereocenters. The van der Waals surface area contributed by atoms with E-state index in [2.05, 4.69) is 5.32 Å². The minimum absolute atomic E-state index is 0.0747. The SMILES string of the molecule is CC(Nc1cccc(Cl)c1Cl)c1ccccc1[N+](=O)[O-]. The van der Waals surface area contributed by atoms with Crippen LogP contribution in [-0.4, -0.2) is 4.92 Å². The van der Waals surface area contributed by atoms with Gasteiger partial charge in [-0.2, -0.15) is 0 Å². The summed E-state index contributed by atoms with van der Waals surface area (Å²) in [6.07, 6.45) is 0. The van der Waals surface area contributed by atoms with Gasteiger partial charge in [-0.05, 0) is 19.1 Å². The average molecular weight is 311 g/mol. The Labute approximate surface area is 126 Å². The summed E-state index contributed by atoms with van der Waals surface area (Å²) >= 11 is 12.0. The predicted molar refractivity (Wildman–Crippen MR) is 81.6 cm³/mol. The van der Waals surface area contributed by atoms with Crippen LogP contribution in [0.5, 0.6) is 0 Å². The fourth-order valence-corrected chi connectivity index (χ4v) is 2.30. The summed E-state index contributed by atoms with van der Waals surface area (Å²) in [6.45, 7) is 1.83. The number of nitro benzene ring substituents is 1. The zero-order chi connectivity index (χ0) is 14.7. The summed E-state index contributed by atoms with van der Waals surface area (Å²) in [4.78, 5) is 10.6. The van der Waals surface area contributed by atoms with E-state index >= 15 is 0 Å². The first-order valence-corrected chi connectivity index (χ1v) is 6.70. The van der Waals surface area contributed by atoms with E-state index in [1.807, 2.05) is 6.92 Å². The Morgan fingerprint density at radius 3 is 2.55 bits per heavy atom. The quantitative estimate of drug-likeness (QED) is 0.633. The molecule has 0 radical (unpaired) electrons. The Bertz CT molecular complexity index is 647. The molecule has 0 aliphatic heterocycles. The van der Waals surface area contributed by atoms with Crippen molar-refractivity contribution >= 4 is 34.6 Å². The van der Waals surface area contributed by atoms with Crippen LogP contribution in [0.4, 0.5) is 11.4 Å². The third-order valence-corrected chi connectivity index (χ3v) is 3.74. The number of nitrogens with zero attached hydrogens (tertiary/aromatic N) is 1. The van der Waals surface area contributed by atoms with Gasteiger partial charge in [0.1, 0.15) is 0 Å². The van der Waals surface area contributed by atoms with Gasteiger partial charge in [-0.1, -0.05) is 47.5 Å². The van der Waals surface area contributed by atoms with Crippen LogP contribution in [0, 0.1) is 10.1 Å². The molecule has 20 heavy (non-hydrogen) atoms. The molecule has 0 amide bonds. The summed E-state index contributed by atoms with van der Waals surface area (Å²) < 4.78 is 0. The van der Waals surface area contributed by atoms with Crippen molar-refractivity contribution in [3.63, 3.8) is 0 Å². The average Bonchev–Trinajstić information content (AvgIpc) is 2.43. The van der Waals surface area contributed by atoms with Crippen molar-refractivity contribution in [2.45, 2.75) is 13.0 Å². The number of benzene rings is 2. The summed E-state index contributed by atoms with van der Waals surface area (Å²) in [5, 5.41) is 15.0. The second kappa shape index (κ2) is 6.11. The van der Waals surface area contributed by atoms with Crippen molar-refractivity contribution < 1.29 is 4.92 Å². The number of para-hydroxylation sites is 1. The van der Waals surface area contributed by atoms with Crippen molar-refractivity contribution in [1.82, 2.24) is 0 Å². The smallest absolute Gasteiger partial charge is 0.274 e. The summed E-state index contributed by atoms with van der Waals surface area (Å²) in [6, 6.07) is 11.6. The van der Waals surface area contributed by atoms with E-state index in [1.165, 1.54) is 6.07 Å². The van der Waals surface area contributed by atoms with Gasteiger partial charge < -0.3 is 5.32 Å². The zero-order valence-corrected chi connectivity index (χ0v) is 12.2. The molecule has 0 fully saturated rings. The Hall–Kier alpha value is -1.78. The van der Waals surface area contributed by atoms with Crippen molar-refractivity contribution in [3.05, 3.63) is 68.2 Å². The lowest BCUT2D eigenvalue weighted by Crippen LogP contribution is -2.09. The molecule has 4 nitrogen and oxygen atoms in total. The Morgan fingerprint density at radius 2 is 1.85 bits per heavy atom. The second-order valence-electron chi connectivity index (χ2n) is 4.28. The molecule has 0 bridgehead atoms. The van der Waals surface area contributed by atoms with Crippen LogP contribution in [0.1, 0.15) is 18.5 Å². The molecule has 104 valence electrons. The highest BCUT2D eigenvalue weighted by molar-refractivity contribution is 6.43. The first-order valence-electron chi connectivity index (χ1n) is 5.94. The van der Waals surface area contributed by atoms with Crippen LogP contribution in [0.15, 0.2) is 42.5 Å². The molecule has 2 aromatic rings. The molecule has 0 heterocycles. The van der Waals surface area contributed by atoms with Gasteiger partial charge in [0, 0.05) is 6.07 Å². The van der Waals surface area contributed by atoms with E-state index in [1.54, 1.807) is 36.4 Å². The van der Waals surface area contributed by atoms with Gasteiger partial charge in [0.15, 0.2) is 0 Å². The van der Waals surface area contributed by atoms with Gasteiger partial charge in [-0.25, -0.2) is 0 Å². The zero-order valence-electron chi connectivity index (χ0n) is 10.6. The van der Waals surface area contributed by atoms with Gasteiger partial charge >= 0.3 is 0 Å². The molecule has 1 N–H and O–H groups in total. The normalized spacial score (nSPS) is 11.9. The third kappa shape index (κ3) is 3.03. The molecule has 0 aliphatic carbocycles. The molecule has 1 atom stereocenters. The maximum atomic E-state index is 11.0. The Morgan fingerprint density at radius 1 is 1.15 bits per heavy atom. The minimum Gasteiger partial charge on any atom is -0.377 e. The van der Waals surface area contributed by atoms with E-state index in [0.29, 0.717) is 21.3 Å². The summed E-state index contributed by atoms with van der Waals surface area (Å²) in [7, 11) is 0. The van der Waals surface area contributed by atoms with Gasteiger partial charge in [-0.15, -0.1) is 0 Å². The number of hydrogen-bond donors (Lipinski definition) is 1. The van der Waals surface area contributed by atoms with Crippen molar-refractivity contribution in [2.75, 3.05) is 5.32 Å². The largest absolute Gasteiger partial charge is 0.377 e. The highest BCUT2D eigenvalue weighted by atomic mass is 35.5. The van der Waals surface area contributed by atoms with Crippen molar-refractivity contribution in [1.29, 1.82) is 0 Å². The van der Waals surface area contributed by atoms with Crippen LogP contribution in [-0.2, 0) is 0 Å². The van der Waals surface area contributed by atoms with Gasteiger partial charge in [0.05, 0.1) is 32.3 Å². The maximum absolute atomic E-state index is 11.0. The highest BCUT2D eigenvalue weighted by Crippen LogP contribution is 2.33. The topological polar surface area (TPSA) is 55.2 Å². The van der Waals surface area contributed by atoms with Gasteiger partial charge in [0.2, 0.25) is 0 Å².